The SMILES string of the molecule is O=C(NCC1(O)CCCC1)c1cnc(C2CCCO2)s1. The van der Waals surface area contributed by atoms with Gasteiger partial charge in [-0.25, -0.2) is 4.98 Å². The molecular formula is C14H20N2O3S. The summed E-state index contributed by atoms with van der Waals surface area (Å²) in [5, 5.41) is 13.9. The number of aromatic nitrogens is 1. The Balaban J connectivity index is 1.57. The van der Waals surface area contributed by atoms with Crippen molar-refractivity contribution in [1.29, 1.82) is 0 Å². The van der Waals surface area contributed by atoms with Crippen LogP contribution in [0.3, 0.4) is 0 Å². The predicted octanol–water partition coefficient (Wildman–Crippen LogP) is 2.03. The van der Waals surface area contributed by atoms with Gasteiger partial charge in [0.05, 0.1) is 11.8 Å². The number of hydrogen-bond donors (Lipinski definition) is 2. The molecule has 2 heterocycles. The number of thiazole rings is 1. The molecule has 2 N–H and O–H groups in total. The summed E-state index contributed by atoms with van der Waals surface area (Å²) in [6.45, 7) is 1.11. The molecule has 1 saturated heterocycles. The molecule has 0 radical (unpaired) electrons. The molecule has 1 amide bonds. The Labute approximate surface area is 122 Å². The van der Waals surface area contributed by atoms with E-state index in [1.54, 1.807) is 6.20 Å². The summed E-state index contributed by atoms with van der Waals surface area (Å²) in [6.07, 6.45) is 7.32. The Bertz CT molecular complexity index is 477. The molecular weight excluding hydrogens is 276 g/mol. The van der Waals surface area contributed by atoms with E-state index in [-0.39, 0.29) is 12.0 Å². The lowest BCUT2D eigenvalue weighted by Crippen LogP contribution is -2.40. The highest BCUT2D eigenvalue weighted by Crippen LogP contribution is 2.31. The number of carbonyl (C=O) groups excluding carboxylic acids is 1. The summed E-state index contributed by atoms with van der Waals surface area (Å²) in [5.74, 6) is -0.146. The highest BCUT2D eigenvalue weighted by molar-refractivity contribution is 7.13. The fraction of sp³-hybridized carbons (Fsp3) is 0.714. The molecule has 1 saturated carbocycles. The van der Waals surface area contributed by atoms with Crippen molar-refractivity contribution in [3.63, 3.8) is 0 Å². The minimum atomic E-state index is -0.711. The number of carbonyl (C=O) groups is 1. The van der Waals surface area contributed by atoms with Gasteiger partial charge in [0.2, 0.25) is 0 Å². The summed E-state index contributed by atoms with van der Waals surface area (Å²) < 4.78 is 5.57. The molecule has 2 fully saturated rings. The standard InChI is InChI=1S/C14H20N2O3S/c17-12(16-9-14(18)5-1-2-6-14)11-8-15-13(20-11)10-4-3-7-19-10/h8,10,18H,1-7,9H2,(H,16,17). The Morgan fingerprint density at radius 3 is 3.00 bits per heavy atom. The van der Waals surface area contributed by atoms with Crippen LogP contribution >= 0.6 is 11.3 Å². The van der Waals surface area contributed by atoms with E-state index in [0.29, 0.717) is 11.4 Å². The van der Waals surface area contributed by atoms with E-state index in [2.05, 4.69) is 10.3 Å². The Morgan fingerprint density at radius 1 is 1.50 bits per heavy atom. The van der Waals surface area contributed by atoms with Crippen LogP contribution in [0.15, 0.2) is 6.20 Å². The first-order valence-electron chi connectivity index (χ1n) is 7.24. The normalized spacial score (nSPS) is 24.9. The van der Waals surface area contributed by atoms with Gasteiger partial charge < -0.3 is 15.2 Å². The van der Waals surface area contributed by atoms with Crippen LogP contribution in [0.2, 0.25) is 0 Å². The number of nitrogens with one attached hydrogen (secondary N) is 1. The Kier molecular flexibility index (Phi) is 4.05. The molecule has 2 aliphatic rings. The number of nitrogens with zero attached hydrogens (tertiary/aromatic N) is 1. The third-order valence-electron chi connectivity index (χ3n) is 4.06. The van der Waals surface area contributed by atoms with Crippen LogP contribution in [0.1, 0.15) is 59.3 Å². The zero-order chi connectivity index (χ0) is 14.0. The van der Waals surface area contributed by atoms with Crippen molar-refractivity contribution < 1.29 is 14.6 Å². The molecule has 0 bridgehead atoms. The van der Waals surface area contributed by atoms with Crippen molar-refractivity contribution in [1.82, 2.24) is 10.3 Å². The van der Waals surface area contributed by atoms with Crippen molar-refractivity contribution >= 4 is 17.2 Å². The molecule has 1 unspecified atom stereocenters. The average molecular weight is 296 g/mol. The molecule has 1 aliphatic heterocycles. The number of amides is 1. The molecule has 1 atom stereocenters. The van der Waals surface area contributed by atoms with Crippen LogP contribution in [0.5, 0.6) is 0 Å². The lowest BCUT2D eigenvalue weighted by molar-refractivity contribution is 0.0450. The van der Waals surface area contributed by atoms with E-state index < -0.39 is 5.60 Å². The van der Waals surface area contributed by atoms with Crippen molar-refractivity contribution in [2.45, 2.75) is 50.2 Å². The van der Waals surface area contributed by atoms with Crippen molar-refractivity contribution in [3.8, 4) is 0 Å². The van der Waals surface area contributed by atoms with Crippen LogP contribution in [-0.4, -0.2) is 34.8 Å². The van der Waals surface area contributed by atoms with E-state index in [1.807, 2.05) is 0 Å². The largest absolute Gasteiger partial charge is 0.388 e. The van der Waals surface area contributed by atoms with Gasteiger partial charge in [0.25, 0.3) is 5.91 Å². The topological polar surface area (TPSA) is 71.5 Å². The van der Waals surface area contributed by atoms with Crippen LogP contribution in [0, 0.1) is 0 Å². The van der Waals surface area contributed by atoms with Crippen LogP contribution in [0.4, 0.5) is 0 Å². The first kappa shape index (κ1) is 14.0. The third kappa shape index (κ3) is 3.02. The second-order valence-electron chi connectivity index (χ2n) is 5.68. The average Bonchev–Trinajstić information content (AvgIpc) is 3.16. The monoisotopic (exact) mass is 296 g/mol. The van der Waals surface area contributed by atoms with Crippen LogP contribution in [0.25, 0.3) is 0 Å². The molecule has 110 valence electrons. The minimum absolute atomic E-state index is 0.0561. The van der Waals surface area contributed by atoms with E-state index in [0.717, 1.165) is 50.1 Å². The lowest BCUT2D eigenvalue weighted by Gasteiger charge is -2.21. The van der Waals surface area contributed by atoms with Gasteiger partial charge in [0, 0.05) is 13.2 Å². The Hall–Kier alpha value is -0.980. The molecule has 3 rings (SSSR count). The molecule has 1 aromatic heterocycles. The second-order valence-corrected chi connectivity index (χ2v) is 6.74. The lowest BCUT2D eigenvalue weighted by atomic mass is 10.0. The molecule has 5 nitrogen and oxygen atoms in total. The number of aliphatic hydroxyl groups is 1. The van der Waals surface area contributed by atoms with Crippen LogP contribution in [-0.2, 0) is 4.74 Å². The van der Waals surface area contributed by atoms with Gasteiger partial charge in [-0.15, -0.1) is 11.3 Å². The van der Waals surface area contributed by atoms with Gasteiger partial charge >= 0.3 is 0 Å². The fourth-order valence-corrected chi connectivity index (χ4v) is 3.77. The van der Waals surface area contributed by atoms with E-state index in [9.17, 15) is 9.90 Å². The maximum Gasteiger partial charge on any atom is 0.263 e. The molecule has 1 aromatic rings. The van der Waals surface area contributed by atoms with E-state index in [1.165, 1.54) is 11.3 Å². The summed E-state index contributed by atoms with van der Waals surface area (Å²) in [4.78, 5) is 17.0. The second kappa shape index (κ2) is 5.79. The maximum absolute atomic E-state index is 12.1. The van der Waals surface area contributed by atoms with Gasteiger partial charge in [-0.2, -0.15) is 0 Å². The van der Waals surface area contributed by atoms with Gasteiger partial charge in [-0.05, 0) is 25.7 Å². The summed E-state index contributed by atoms with van der Waals surface area (Å²) in [5.41, 5.74) is -0.711. The van der Waals surface area contributed by atoms with Crippen molar-refractivity contribution in [2.75, 3.05) is 13.2 Å². The highest BCUT2D eigenvalue weighted by Gasteiger charge is 2.31. The molecule has 0 spiro atoms. The quantitative estimate of drug-likeness (QED) is 0.892. The van der Waals surface area contributed by atoms with E-state index >= 15 is 0 Å². The minimum Gasteiger partial charge on any atom is -0.388 e. The van der Waals surface area contributed by atoms with Crippen molar-refractivity contribution in [2.24, 2.45) is 0 Å². The van der Waals surface area contributed by atoms with Crippen LogP contribution < -0.4 is 5.32 Å². The first-order chi connectivity index (χ1) is 9.66. The first-order valence-corrected chi connectivity index (χ1v) is 8.06. The highest BCUT2D eigenvalue weighted by atomic mass is 32.1. The van der Waals surface area contributed by atoms with Crippen molar-refractivity contribution in [3.05, 3.63) is 16.1 Å². The fourth-order valence-electron chi connectivity index (χ4n) is 2.86. The predicted molar refractivity (Wildman–Crippen MR) is 75.8 cm³/mol. The smallest absolute Gasteiger partial charge is 0.263 e. The molecule has 6 heteroatoms. The number of hydrogen-bond acceptors (Lipinski definition) is 5. The van der Waals surface area contributed by atoms with Gasteiger partial charge in [-0.3, -0.25) is 4.79 Å². The summed E-state index contributed by atoms with van der Waals surface area (Å²) in [6, 6.07) is 0. The summed E-state index contributed by atoms with van der Waals surface area (Å²) in [7, 11) is 0. The zero-order valence-corrected chi connectivity index (χ0v) is 12.2. The van der Waals surface area contributed by atoms with Gasteiger partial charge in [0.1, 0.15) is 16.0 Å². The van der Waals surface area contributed by atoms with Gasteiger partial charge in [-0.1, -0.05) is 12.8 Å². The van der Waals surface area contributed by atoms with E-state index in [4.69, 9.17) is 4.74 Å². The molecule has 0 aromatic carbocycles. The third-order valence-corrected chi connectivity index (χ3v) is 5.15. The maximum atomic E-state index is 12.1. The van der Waals surface area contributed by atoms with Gasteiger partial charge in [0.15, 0.2) is 0 Å². The number of ether oxygens (including phenoxy) is 1. The molecule has 1 aliphatic carbocycles. The Morgan fingerprint density at radius 2 is 2.30 bits per heavy atom. The number of rotatable bonds is 4. The zero-order valence-electron chi connectivity index (χ0n) is 11.4. The summed E-state index contributed by atoms with van der Waals surface area (Å²) >= 11 is 1.39. The molecule has 20 heavy (non-hydrogen) atoms.